The molecular weight excluding hydrogens is 708 g/mol. The van der Waals surface area contributed by atoms with Crippen LogP contribution in [-0.4, -0.2) is 117 Å². The van der Waals surface area contributed by atoms with Crippen LogP contribution in [0.1, 0.15) is 11.6 Å². The maximum atomic E-state index is 13.1. The number of anilines is 6. The summed E-state index contributed by atoms with van der Waals surface area (Å²) in [6.45, 7) is 1.03. The number of nitrogens with zero attached hydrogens (tertiary/aromatic N) is 6. The summed E-state index contributed by atoms with van der Waals surface area (Å²) in [6, 6.07) is 18.3. The van der Waals surface area contributed by atoms with Crippen molar-refractivity contribution in [1.82, 2.24) is 29.7 Å². The Morgan fingerprint density at radius 3 is 1.73 bits per heavy atom. The Balaban J connectivity index is 0.000000169. The number of aliphatic hydroxyl groups excluding tert-OH is 2. The van der Waals surface area contributed by atoms with Gasteiger partial charge in [0, 0.05) is 74.6 Å². The number of benzene rings is 2. The van der Waals surface area contributed by atoms with Crippen molar-refractivity contribution in [3.8, 4) is 11.5 Å². The summed E-state index contributed by atoms with van der Waals surface area (Å²) in [5.74, 6) is 2.95. The van der Waals surface area contributed by atoms with Crippen molar-refractivity contribution in [2.75, 3.05) is 68.1 Å². The first kappa shape index (κ1) is 36.7. The lowest BCUT2D eigenvalue weighted by molar-refractivity contribution is -0.125. The molecule has 2 amide bonds. The maximum absolute atomic E-state index is 13.1. The Kier molecular flexibility index (Phi) is 10.5. The van der Waals surface area contributed by atoms with Gasteiger partial charge in [-0.05, 0) is 24.3 Å². The number of hydrogen-bond donors (Lipinski definition) is 8. The van der Waals surface area contributed by atoms with Gasteiger partial charge in [-0.1, -0.05) is 12.1 Å². The largest absolute Gasteiger partial charge is 0.488 e. The molecule has 12 bridgehead atoms. The van der Waals surface area contributed by atoms with E-state index in [9.17, 15) is 19.8 Å². The number of ether oxygens (including phenoxy) is 2. The highest BCUT2D eigenvalue weighted by atomic mass is 16.5. The minimum atomic E-state index is -0.798. The van der Waals surface area contributed by atoms with Crippen LogP contribution in [0.3, 0.4) is 0 Å². The lowest BCUT2D eigenvalue weighted by Gasteiger charge is -2.19. The van der Waals surface area contributed by atoms with E-state index in [1.54, 1.807) is 37.2 Å². The molecule has 2 saturated heterocycles. The first-order valence-corrected chi connectivity index (χ1v) is 17.6. The molecule has 4 aliphatic heterocycles. The van der Waals surface area contributed by atoms with E-state index in [0.717, 1.165) is 11.4 Å². The molecule has 4 unspecified atom stereocenters. The number of amides is 2. The molecule has 18 heteroatoms. The van der Waals surface area contributed by atoms with Crippen LogP contribution in [0.15, 0.2) is 73.1 Å². The van der Waals surface area contributed by atoms with Gasteiger partial charge < -0.3 is 62.2 Å². The summed E-state index contributed by atoms with van der Waals surface area (Å²) in [4.78, 5) is 46.9. The number of carbonyl (C=O) groups is 2. The predicted molar refractivity (Wildman–Crippen MR) is 206 cm³/mol. The van der Waals surface area contributed by atoms with E-state index in [-0.39, 0.29) is 66.3 Å². The molecule has 55 heavy (non-hydrogen) atoms. The van der Waals surface area contributed by atoms with Crippen molar-refractivity contribution in [2.24, 2.45) is 17.4 Å². The van der Waals surface area contributed by atoms with Crippen molar-refractivity contribution in [3.05, 3.63) is 84.7 Å². The quantitative estimate of drug-likeness (QED) is 0.137. The molecule has 4 atom stereocenters. The van der Waals surface area contributed by atoms with Gasteiger partial charge in [-0.15, -0.1) is 0 Å². The second-order valence-electron chi connectivity index (χ2n) is 13.1. The molecule has 4 aromatic rings. The van der Waals surface area contributed by atoms with Crippen LogP contribution >= 0.6 is 0 Å². The third kappa shape index (κ3) is 7.85. The fourth-order valence-electron chi connectivity index (χ4n) is 6.64. The summed E-state index contributed by atoms with van der Waals surface area (Å²) in [5.41, 5.74) is 13.4. The third-order valence-electron chi connectivity index (χ3n) is 9.46. The summed E-state index contributed by atoms with van der Waals surface area (Å²) in [6.07, 6.45) is 0.776. The molecule has 2 aromatic heterocycles. The van der Waals surface area contributed by atoms with Gasteiger partial charge in [-0.3, -0.25) is 9.59 Å². The van der Waals surface area contributed by atoms with E-state index in [0.29, 0.717) is 47.9 Å². The van der Waals surface area contributed by atoms with Crippen LogP contribution in [0.5, 0.6) is 11.5 Å². The molecule has 6 heterocycles. The van der Waals surface area contributed by atoms with Crippen molar-refractivity contribution in [1.29, 1.82) is 0 Å². The Bertz CT molecular complexity index is 2150. The van der Waals surface area contributed by atoms with Gasteiger partial charge in [0.25, 0.3) is 11.8 Å². The summed E-state index contributed by atoms with van der Waals surface area (Å²) < 4.78 is 12.0. The molecule has 8 rings (SSSR count). The molecule has 2 fully saturated rings. The van der Waals surface area contributed by atoms with E-state index in [1.165, 1.54) is 17.3 Å². The highest BCUT2D eigenvalue weighted by Gasteiger charge is 2.39. The van der Waals surface area contributed by atoms with Crippen LogP contribution in [0, 0.1) is 5.92 Å². The highest BCUT2D eigenvalue weighted by Crippen LogP contribution is 2.31. The zero-order valence-electron chi connectivity index (χ0n) is 30.1. The minimum absolute atomic E-state index is 0.0794. The van der Waals surface area contributed by atoms with Gasteiger partial charge in [0.1, 0.15) is 53.1 Å². The van der Waals surface area contributed by atoms with Crippen LogP contribution in [0.25, 0.3) is 11.1 Å². The van der Waals surface area contributed by atoms with Crippen LogP contribution in [-0.2, 0) is 9.59 Å². The number of hydrogen-bond acceptors (Lipinski definition) is 16. The number of nitrogens with one attached hydrogen (secondary N) is 4. The maximum Gasteiger partial charge on any atom is 0.259 e. The molecular formula is C37H42N12O6. The highest BCUT2D eigenvalue weighted by molar-refractivity contribution is 6.19. The van der Waals surface area contributed by atoms with Crippen molar-refractivity contribution in [3.63, 3.8) is 0 Å². The zero-order chi connectivity index (χ0) is 38.6. The van der Waals surface area contributed by atoms with Gasteiger partial charge in [0.15, 0.2) is 11.6 Å². The number of rotatable bonds is 3. The second-order valence-corrected chi connectivity index (χ2v) is 13.1. The Labute approximate surface area is 316 Å². The van der Waals surface area contributed by atoms with Gasteiger partial charge in [0.05, 0.1) is 37.4 Å². The summed E-state index contributed by atoms with van der Waals surface area (Å²) >= 11 is 0. The molecule has 10 N–H and O–H groups in total. The summed E-state index contributed by atoms with van der Waals surface area (Å²) in [5, 5.41) is 32.4. The van der Waals surface area contributed by atoms with Crippen LogP contribution < -0.4 is 42.2 Å². The van der Waals surface area contributed by atoms with Crippen molar-refractivity contribution < 1.29 is 29.3 Å². The van der Waals surface area contributed by atoms with E-state index in [1.807, 2.05) is 42.5 Å². The van der Waals surface area contributed by atoms with Gasteiger partial charge >= 0.3 is 0 Å². The van der Waals surface area contributed by atoms with E-state index < -0.39 is 12.2 Å². The zero-order valence-corrected chi connectivity index (χ0v) is 30.1. The Hall–Kier alpha value is -6.66. The van der Waals surface area contributed by atoms with Gasteiger partial charge in [-0.25, -0.2) is 19.9 Å². The number of aliphatic hydroxyl groups is 2. The lowest BCUT2D eigenvalue weighted by atomic mass is 10.1. The topological polar surface area (TPSA) is 251 Å². The molecule has 4 aliphatic rings. The Morgan fingerprint density at radius 1 is 0.745 bits per heavy atom. The molecule has 0 radical (unpaired) electrons. The number of carbonyl (C=O) groups excluding carboxylic acids is 2. The van der Waals surface area contributed by atoms with Crippen LogP contribution in [0.4, 0.5) is 34.6 Å². The number of nitrogens with two attached hydrogens (primary N) is 2. The van der Waals surface area contributed by atoms with Crippen molar-refractivity contribution in [2.45, 2.75) is 18.3 Å². The summed E-state index contributed by atoms with van der Waals surface area (Å²) in [7, 11) is 3.47. The molecule has 0 saturated carbocycles. The average molecular weight is 751 g/mol. The molecule has 0 spiro atoms. The van der Waals surface area contributed by atoms with Gasteiger partial charge in [0.2, 0.25) is 0 Å². The van der Waals surface area contributed by atoms with E-state index in [4.69, 9.17) is 20.9 Å². The SMILES string of the molecule is CNc1cc2nc(n1)/C(=C\N)C(=O)N1CC(CO)C(C1)Oc1cccc(c1)N2.CNc1cc2nc(n1)/C(=C\N)C(=O)N1CC(O)C(C1)Oc1cccc(c1)N2. The molecule has 18 nitrogen and oxygen atoms in total. The molecule has 286 valence electrons. The molecule has 0 aliphatic carbocycles. The lowest BCUT2D eigenvalue weighted by Crippen LogP contribution is -2.32. The first-order valence-electron chi connectivity index (χ1n) is 17.6. The normalized spacial score (nSPS) is 22.8. The average Bonchev–Trinajstić information content (AvgIpc) is 3.77. The van der Waals surface area contributed by atoms with Crippen molar-refractivity contribution >= 4 is 57.6 Å². The predicted octanol–water partition coefficient (Wildman–Crippen LogP) is 1.30. The second kappa shape index (κ2) is 15.7. The fraction of sp³-hybridized carbons (Fsp3) is 0.297. The Morgan fingerprint density at radius 2 is 1.24 bits per heavy atom. The first-order chi connectivity index (χ1) is 26.7. The minimum Gasteiger partial charge on any atom is -0.488 e. The molecule has 2 aromatic carbocycles. The number of aromatic nitrogens is 4. The van der Waals surface area contributed by atoms with Gasteiger partial charge in [-0.2, -0.15) is 0 Å². The standard InChI is InChI=1S/C19H22N6O3.C18H20N6O3/c1-21-16-6-17-22-12-3-2-4-13(5-12)28-15-9-25(8-11(15)10-26)19(27)14(7-20)18(23-16)24-17;1-20-15-6-16-21-10-3-2-4-11(5-10)27-14-9-24(8-13(14)25)18(26)12(7-19)17(22-15)23-16/h2-7,11,15,26H,8-10,20H2,1H3,(H2,21,22,23,24);2-7,13-14,25H,8-9,19H2,1H3,(H2,20,21,22,23)/b14-7+;12-7+. The van der Waals surface area contributed by atoms with Crippen LogP contribution in [0.2, 0.25) is 0 Å². The fourth-order valence-corrected chi connectivity index (χ4v) is 6.64. The monoisotopic (exact) mass is 750 g/mol. The third-order valence-corrected chi connectivity index (χ3v) is 9.46. The van der Waals surface area contributed by atoms with E-state index >= 15 is 0 Å². The smallest absolute Gasteiger partial charge is 0.259 e. The number of fused-ring (bicyclic) bond motifs is 12. The van der Waals surface area contributed by atoms with E-state index in [2.05, 4.69) is 41.2 Å².